The van der Waals surface area contributed by atoms with Crippen molar-refractivity contribution in [2.24, 2.45) is 0 Å². The molecule has 0 N–H and O–H groups in total. The summed E-state index contributed by atoms with van der Waals surface area (Å²) in [7, 11) is 2.85. The van der Waals surface area contributed by atoms with E-state index in [1.165, 1.54) is 13.1 Å². The van der Waals surface area contributed by atoms with Crippen LogP contribution in [0.25, 0.3) is 6.08 Å². The zero-order valence-electron chi connectivity index (χ0n) is 9.51. The smallest absolute Gasteiger partial charge is 0.323 e. The normalized spacial score (nSPS) is 10.3. The highest BCUT2D eigenvalue weighted by molar-refractivity contribution is 6.64. The first-order valence-electron chi connectivity index (χ1n) is 4.84. The van der Waals surface area contributed by atoms with Crippen molar-refractivity contribution in [1.82, 2.24) is 4.90 Å². The molecule has 4 nitrogen and oxygen atoms in total. The maximum atomic E-state index is 11.5. The fourth-order valence-electron chi connectivity index (χ4n) is 1.16. The number of hydrogen-bond acceptors (Lipinski definition) is 3. The van der Waals surface area contributed by atoms with Crippen LogP contribution in [0.3, 0.4) is 0 Å². The van der Waals surface area contributed by atoms with Crippen molar-refractivity contribution in [2.75, 3.05) is 14.2 Å². The van der Waals surface area contributed by atoms with Crippen LogP contribution in [0.5, 0.6) is 5.75 Å². The highest BCUT2D eigenvalue weighted by atomic mass is 35.5. The lowest BCUT2D eigenvalue weighted by Gasteiger charge is -2.07. The van der Waals surface area contributed by atoms with E-state index in [0.717, 1.165) is 10.5 Å². The molecule has 1 aromatic rings. The van der Waals surface area contributed by atoms with Crippen LogP contribution < -0.4 is 4.74 Å². The van der Waals surface area contributed by atoms with Gasteiger partial charge in [0.15, 0.2) is 0 Å². The molecule has 0 aliphatic carbocycles. The average Bonchev–Trinajstić information content (AvgIpc) is 2.35. The minimum absolute atomic E-state index is 0.490. The Kier molecular flexibility index (Phi) is 4.72. The van der Waals surface area contributed by atoms with Gasteiger partial charge in [-0.2, -0.15) is 0 Å². The second-order valence-electron chi connectivity index (χ2n) is 3.23. The third-order valence-corrected chi connectivity index (χ3v) is 2.39. The fourth-order valence-corrected chi connectivity index (χ4v) is 1.25. The van der Waals surface area contributed by atoms with Crippen LogP contribution in [0, 0.1) is 0 Å². The third kappa shape index (κ3) is 3.60. The maximum absolute atomic E-state index is 11.5. The van der Waals surface area contributed by atoms with Crippen LogP contribution in [0.1, 0.15) is 5.56 Å². The Morgan fingerprint density at radius 2 is 2.00 bits per heavy atom. The van der Waals surface area contributed by atoms with E-state index in [2.05, 4.69) is 0 Å². The van der Waals surface area contributed by atoms with E-state index < -0.39 is 11.3 Å². The van der Waals surface area contributed by atoms with Gasteiger partial charge in [0.1, 0.15) is 5.75 Å². The second kappa shape index (κ2) is 6.06. The van der Waals surface area contributed by atoms with Crippen molar-refractivity contribution in [1.29, 1.82) is 0 Å². The summed E-state index contributed by atoms with van der Waals surface area (Å²) in [6, 6.07) is 7.22. The van der Waals surface area contributed by atoms with Crippen LogP contribution in [-0.2, 0) is 4.79 Å². The molecular weight excluding hydrogens is 242 g/mol. The molecule has 0 saturated carbocycles. The molecule has 0 atom stereocenters. The van der Waals surface area contributed by atoms with E-state index in [9.17, 15) is 9.59 Å². The van der Waals surface area contributed by atoms with Gasteiger partial charge in [-0.25, -0.2) is 0 Å². The molecule has 0 heterocycles. The number of ether oxygens (including phenoxy) is 1. The first kappa shape index (κ1) is 13.3. The lowest BCUT2D eigenvalue weighted by atomic mass is 10.2. The summed E-state index contributed by atoms with van der Waals surface area (Å²) < 4.78 is 5.12. The molecule has 0 aromatic heterocycles. The third-order valence-electron chi connectivity index (χ3n) is 2.14. The summed E-state index contributed by atoms with van der Waals surface area (Å²) in [6.45, 7) is 0. The SMILES string of the molecule is COc1ccccc1C=CC(=O)N(C)C(=O)Cl. The Balaban J connectivity index is 2.84. The lowest BCUT2D eigenvalue weighted by Crippen LogP contribution is -2.26. The van der Waals surface area contributed by atoms with Crippen LogP contribution in [0.2, 0.25) is 0 Å². The van der Waals surface area contributed by atoms with Gasteiger partial charge in [-0.15, -0.1) is 0 Å². The highest BCUT2D eigenvalue weighted by Gasteiger charge is 2.10. The molecular formula is C12H12ClNO3. The van der Waals surface area contributed by atoms with Crippen molar-refractivity contribution in [3.8, 4) is 5.75 Å². The van der Waals surface area contributed by atoms with E-state index in [1.807, 2.05) is 12.1 Å². The Morgan fingerprint density at radius 3 is 2.59 bits per heavy atom. The lowest BCUT2D eigenvalue weighted by molar-refractivity contribution is -0.121. The standard InChI is InChI=1S/C12H12ClNO3/c1-14(12(13)16)11(15)8-7-9-5-3-4-6-10(9)17-2/h3-8H,1-2H3. The van der Waals surface area contributed by atoms with Crippen LogP contribution in [-0.4, -0.2) is 30.3 Å². The monoisotopic (exact) mass is 253 g/mol. The first-order chi connectivity index (χ1) is 8.06. The molecule has 0 spiro atoms. The van der Waals surface area contributed by atoms with Crippen molar-refractivity contribution in [3.63, 3.8) is 0 Å². The van der Waals surface area contributed by atoms with Crippen molar-refractivity contribution in [2.45, 2.75) is 0 Å². The number of hydrogen-bond donors (Lipinski definition) is 0. The number of imide groups is 1. The molecule has 0 radical (unpaired) electrons. The molecule has 0 unspecified atom stereocenters. The summed E-state index contributed by atoms with van der Waals surface area (Å²) in [5.74, 6) is 0.160. The van der Waals surface area contributed by atoms with E-state index in [-0.39, 0.29) is 0 Å². The van der Waals surface area contributed by atoms with Gasteiger partial charge in [0, 0.05) is 18.7 Å². The molecule has 1 aromatic carbocycles. The predicted molar refractivity (Wildman–Crippen MR) is 66.0 cm³/mol. The summed E-state index contributed by atoms with van der Waals surface area (Å²) in [6.07, 6.45) is 2.83. The number of nitrogens with zero attached hydrogens (tertiary/aromatic N) is 1. The Bertz CT molecular complexity index is 457. The average molecular weight is 254 g/mol. The Morgan fingerprint density at radius 1 is 1.35 bits per heavy atom. The highest BCUT2D eigenvalue weighted by Crippen LogP contribution is 2.18. The molecule has 0 bridgehead atoms. The van der Waals surface area contributed by atoms with Crippen molar-refractivity contribution in [3.05, 3.63) is 35.9 Å². The van der Waals surface area contributed by atoms with Crippen LogP contribution in [0.4, 0.5) is 4.79 Å². The molecule has 2 amide bonds. The quantitative estimate of drug-likeness (QED) is 0.472. The number of likely N-dealkylation sites (N-methyl/N-ethyl adjacent to an activating group) is 1. The molecule has 0 saturated heterocycles. The minimum Gasteiger partial charge on any atom is -0.496 e. The van der Waals surface area contributed by atoms with Crippen LogP contribution >= 0.6 is 11.6 Å². The van der Waals surface area contributed by atoms with Gasteiger partial charge in [-0.1, -0.05) is 18.2 Å². The summed E-state index contributed by atoms with van der Waals surface area (Å²) in [4.78, 5) is 23.0. The summed E-state index contributed by atoms with van der Waals surface area (Å²) in [5.41, 5.74) is 0.749. The summed E-state index contributed by atoms with van der Waals surface area (Å²) in [5, 5.41) is -0.820. The van der Waals surface area contributed by atoms with Gasteiger partial charge in [-0.05, 0) is 23.7 Å². The van der Waals surface area contributed by atoms with Crippen molar-refractivity contribution < 1.29 is 14.3 Å². The van der Waals surface area contributed by atoms with Gasteiger partial charge < -0.3 is 4.74 Å². The number of carbonyl (C=O) groups excluding carboxylic acids is 2. The Hall–Kier alpha value is -1.81. The molecule has 0 aliphatic rings. The molecule has 0 fully saturated rings. The summed E-state index contributed by atoms with van der Waals surface area (Å²) >= 11 is 5.17. The zero-order valence-corrected chi connectivity index (χ0v) is 10.3. The van der Waals surface area contributed by atoms with Crippen molar-refractivity contribution >= 4 is 29.0 Å². The molecule has 1 rings (SSSR count). The van der Waals surface area contributed by atoms with E-state index in [0.29, 0.717) is 5.75 Å². The number of halogens is 1. The van der Waals surface area contributed by atoms with E-state index in [1.54, 1.807) is 25.3 Å². The number of benzene rings is 1. The largest absolute Gasteiger partial charge is 0.496 e. The minimum atomic E-state index is -0.820. The van der Waals surface area contributed by atoms with Gasteiger partial charge in [-0.3, -0.25) is 14.5 Å². The molecule has 90 valence electrons. The van der Waals surface area contributed by atoms with Gasteiger partial charge in [0.2, 0.25) is 0 Å². The van der Waals surface area contributed by atoms with Gasteiger partial charge >= 0.3 is 5.37 Å². The predicted octanol–water partition coefficient (Wildman–Crippen LogP) is 2.53. The number of para-hydroxylation sites is 1. The van der Waals surface area contributed by atoms with Gasteiger partial charge in [0.25, 0.3) is 5.91 Å². The second-order valence-corrected chi connectivity index (χ2v) is 3.55. The number of rotatable bonds is 3. The zero-order chi connectivity index (χ0) is 12.8. The molecule has 0 aliphatic heterocycles. The van der Waals surface area contributed by atoms with Gasteiger partial charge in [0.05, 0.1) is 7.11 Å². The molecule has 17 heavy (non-hydrogen) atoms. The number of methoxy groups -OCH3 is 1. The number of amides is 2. The number of carbonyl (C=O) groups is 2. The maximum Gasteiger partial charge on any atom is 0.323 e. The Labute approximate surface area is 104 Å². The first-order valence-corrected chi connectivity index (χ1v) is 5.22. The van der Waals surface area contributed by atoms with Crippen LogP contribution in [0.15, 0.2) is 30.3 Å². The topological polar surface area (TPSA) is 46.6 Å². The van der Waals surface area contributed by atoms with E-state index >= 15 is 0 Å². The fraction of sp³-hybridized carbons (Fsp3) is 0.167. The molecule has 5 heteroatoms. The van der Waals surface area contributed by atoms with E-state index in [4.69, 9.17) is 16.3 Å².